The molecule has 136 valence electrons. The fourth-order valence-corrected chi connectivity index (χ4v) is 4.54. The first-order valence-electron chi connectivity index (χ1n) is 8.37. The fourth-order valence-electron chi connectivity index (χ4n) is 2.89. The summed E-state index contributed by atoms with van der Waals surface area (Å²) in [6.45, 7) is 0.241. The summed E-state index contributed by atoms with van der Waals surface area (Å²) in [6, 6.07) is 8.34. The Bertz CT molecular complexity index is 1110. The largest absolute Gasteiger partial charge is 0.347 e. The lowest BCUT2D eigenvalue weighted by Crippen LogP contribution is -2.26. The summed E-state index contributed by atoms with van der Waals surface area (Å²) >= 11 is 5.32. The van der Waals surface area contributed by atoms with E-state index in [0.717, 1.165) is 31.4 Å². The summed E-state index contributed by atoms with van der Waals surface area (Å²) in [5.41, 5.74) is 4.28. The van der Waals surface area contributed by atoms with Crippen molar-refractivity contribution in [2.45, 2.75) is 6.54 Å². The van der Waals surface area contributed by atoms with Gasteiger partial charge in [-0.15, -0.1) is 11.3 Å². The number of thiophene rings is 1. The Labute approximate surface area is 169 Å². The number of amides is 1. The number of likely N-dealkylation sites (N-methyl/N-ethyl adjacent to an activating group) is 1. The molecule has 0 aliphatic carbocycles. The highest BCUT2D eigenvalue weighted by molar-refractivity contribution is 9.10. The van der Waals surface area contributed by atoms with E-state index < -0.39 is 0 Å². The molecule has 0 saturated carbocycles. The van der Waals surface area contributed by atoms with Gasteiger partial charge in [0.25, 0.3) is 0 Å². The zero-order valence-electron chi connectivity index (χ0n) is 14.9. The number of nitrogens with zero attached hydrogens (tertiary/aromatic N) is 4. The van der Waals surface area contributed by atoms with Crippen molar-refractivity contribution < 1.29 is 4.79 Å². The van der Waals surface area contributed by atoms with Crippen LogP contribution in [0.4, 0.5) is 0 Å². The third kappa shape index (κ3) is 3.52. The van der Waals surface area contributed by atoms with Gasteiger partial charge in [0.2, 0.25) is 5.91 Å². The second kappa shape index (κ2) is 7.25. The van der Waals surface area contributed by atoms with Crippen molar-refractivity contribution in [1.29, 1.82) is 0 Å². The van der Waals surface area contributed by atoms with Crippen LogP contribution in [0.25, 0.3) is 32.3 Å². The van der Waals surface area contributed by atoms with Crippen molar-refractivity contribution in [1.82, 2.24) is 19.7 Å². The maximum absolute atomic E-state index is 11.8. The van der Waals surface area contributed by atoms with Gasteiger partial charge in [-0.05, 0) is 27.1 Å². The van der Waals surface area contributed by atoms with Gasteiger partial charge in [-0.3, -0.25) is 14.5 Å². The quantitative estimate of drug-likeness (QED) is 0.462. The molecule has 27 heavy (non-hydrogen) atoms. The SMILES string of the molecule is CN(C)C(=O)Cn1cc(-c2ccc(-c3cncc4scc(Br)c34)cc2)cn1. The van der Waals surface area contributed by atoms with Crippen LogP contribution >= 0.6 is 27.3 Å². The van der Waals surface area contributed by atoms with Crippen molar-refractivity contribution in [2.24, 2.45) is 0 Å². The molecule has 1 amide bonds. The molecule has 0 atom stereocenters. The van der Waals surface area contributed by atoms with E-state index in [2.05, 4.69) is 55.7 Å². The number of fused-ring (bicyclic) bond motifs is 1. The van der Waals surface area contributed by atoms with Gasteiger partial charge in [0.05, 0.1) is 10.9 Å². The van der Waals surface area contributed by atoms with E-state index >= 15 is 0 Å². The average molecular weight is 441 g/mol. The molecule has 4 rings (SSSR count). The van der Waals surface area contributed by atoms with E-state index in [1.165, 1.54) is 5.39 Å². The van der Waals surface area contributed by atoms with E-state index in [-0.39, 0.29) is 12.5 Å². The van der Waals surface area contributed by atoms with E-state index in [9.17, 15) is 4.79 Å². The Hall–Kier alpha value is -2.51. The lowest BCUT2D eigenvalue weighted by atomic mass is 10.0. The molecule has 0 bridgehead atoms. The van der Waals surface area contributed by atoms with Gasteiger partial charge in [0.15, 0.2) is 0 Å². The first-order valence-corrected chi connectivity index (χ1v) is 10.0. The second-order valence-electron chi connectivity index (χ2n) is 6.44. The highest BCUT2D eigenvalue weighted by Crippen LogP contribution is 2.37. The lowest BCUT2D eigenvalue weighted by Gasteiger charge is -2.09. The Kier molecular flexibility index (Phi) is 4.80. The minimum absolute atomic E-state index is 0.0157. The molecule has 7 heteroatoms. The second-order valence-corrected chi connectivity index (χ2v) is 8.20. The standard InChI is InChI=1S/C20H17BrN4OS/c1-24(2)19(26)11-25-10-15(7-23-25)13-3-5-14(6-4-13)16-8-22-9-18-20(16)17(21)12-27-18/h3-10,12H,11H2,1-2H3. The molecule has 0 saturated heterocycles. The summed E-state index contributed by atoms with van der Waals surface area (Å²) in [7, 11) is 3.49. The smallest absolute Gasteiger partial charge is 0.243 e. The topological polar surface area (TPSA) is 51.0 Å². The average Bonchev–Trinajstić information content (AvgIpc) is 3.29. The number of hydrogen-bond acceptors (Lipinski definition) is 4. The number of halogens is 1. The molecule has 3 aromatic heterocycles. The lowest BCUT2D eigenvalue weighted by molar-refractivity contribution is -0.129. The zero-order chi connectivity index (χ0) is 19.0. The van der Waals surface area contributed by atoms with Crippen LogP contribution in [0.3, 0.4) is 0 Å². The Morgan fingerprint density at radius 3 is 2.59 bits per heavy atom. The van der Waals surface area contributed by atoms with Crippen molar-refractivity contribution in [3.63, 3.8) is 0 Å². The summed E-state index contributed by atoms with van der Waals surface area (Å²) in [6.07, 6.45) is 7.48. The maximum Gasteiger partial charge on any atom is 0.243 e. The highest BCUT2D eigenvalue weighted by atomic mass is 79.9. The minimum atomic E-state index is 0.0157. The molecule has 0 unspecified atom stereocenters. The van der Waals surface area contributed by atoms with Crippen LogP contribution < -0.4 is 0 Å². The van der Waals surface area contributed by atoms with Gasteiger partial charge in [-0.2, -0.15) is 5.10 Å². The maximum atomic E-state index is 11.8. The van der Waals surface area contributed by atoms with Crippen molar-refractivity contribution >= 4 is 43.3 Å². The van der Waals surface area contributed by atoms with Gasteiger partial charge in [-0.1, -0.05) is 24.3 Å². The van der Waals surface area contributed by atoms with Crippen LogP contribution in [0, 0.1) is 0 Å². The van der Waals surface area contributed by atoms with Gasteiger partial charge in [-0.25, -0.2) is 0 Å². The van der Waals surface area contributed by atoms with Crippen molar-refractivity contribution in [2.75, 3.05) is 14.1 Å². The first kappa shape index (κ1) is 17.9. The van der Waals surface area contributed by atoms with Gasteiger partial charge in [0.1, 0.15) is 6.54 Å². The highest BCUT2D eigenvalue weighted by Gasteiger charge is 2.11. The van der Waals surface area contributed by atoms with Crippen LogP contribution in [-0.2, 0) is 11.3 Å². The molecule has 0 fully saturated rings. The molecular weight excluding hydrogens is 424 g/mol. The van der Waals surface area contributed by atoms with Crippen molar-refractivity contribution in [3.8, 4) is 22.3 Å². The molecule has 4 aromatic rings. The van der Waals surface area contributed by atoms with Gasteiger partial charge >= 0.3 is 0 Å². The molecule has 0 aliphatic rings. The van der Waals surface area contributed by atoms with Crippen LogP contribution in [0.5, 0.6) is 0 Å². The molecule has 3 heterocycles. The molecule has 0 N–H and O–H groups in total. The normalized spacial score (nSPS) is 11.1. The molecule has 0 spiro atoms. The van der Waals surface area contributed by atoms with Gasteiger partial charge < -0.3 is 4.90 Å². The molecule has 1 aromatic carbocycles. The molecular formula is C20H17BrN4OS. The predicted molar refractivity (Wildman–Crippen MR) is 113 cm³/mol. The fraction of sp³-hybridized carbons (Fsp3) is 0.150. The predicted octanol–water partition coefficient (Wildman–Crippen LogP) is 4.68. The number of pyridine rings is 1. The number of rotatable bonds is 4. The Morgan fingerprint density at radius 1 is 1.11 bits per heavy atom. The Morgan fingerprint density at radius 2 is 1.85 bits per heavy atom. The van der Waals surface area contributed by atoms with E-state index in [4.69, 9.17) is 0 Å². The van der Waals surface area contributed by atoms with E-state index in [0.29, 0.717) is 0 Å². The van der Waals surface area contributed by atoms with Crippen LogP contribution in [0.15, 0.2) is 58.9 Å². The summed E-state index contributed by atoms with van der Waals surface area (Å²) in [5, 5.41) is 7.58. The third-order valence-electron chi connectivity index (χ3n) is 4.40. The summed E-state index contributed by atoms with van der Waals surface area (Å²) in [5.74, 6) is 0.0157. The molecule has 0 aliphatic heterocycles. The monoisotopic (exact) mass is 440 g/mol. The van der Waals surface area contributed by atoms with E-state index in [1.807, 2.05) is 18.6 Å². The summed E-state index contributed by atoms with van der Waals surface area (Å²) in [4.78, 5) is 17.8. The van der Waals surface area contributed by atoms with E-state index in [1.54, 1.807) is 41.2 Å². The number of aromatic nitrogens is 3. The Balaban J connectivity index is 1.62. The number of hydrogen-bond donors (Lipinski definition) is 0. The summed E-state index contributed by atoms with van der Waals surface area (Å²) < 4.78 is 3.92. The van der Waals surface area contributed by atoms with Crippen LogP contribution in [0.1, 0.15) is 0 Å². The van der Waals surface area contributed by atoms with Gasteiger partial charge in [0, 0.05) is 59.1 Å². The first-order chi connectivity index (χ1) is 13.0. The number of carbonyl (C=O) groups is 1. The molecule has 0 radical (unpaired) electrons. The zero-order valence-corrected chi connectivity index (χ0v) is 17.3. The number of carbonyl (C=O) groups excluding carboxylic acids is 1. The van der Waals surface area contributed by atoms with Crippen LogP contribution in [-0.4, -0.2) is 39.7 Å². The van der Waals surface area contributed by atoms with Crippen LogP contribution in [0.2, 0.25) is 0 Å². The van der Waals surface area contributed by atoms with Crippen molar-refractivity contribution in [3.05, 3.63) is 58.9 Å². The molecule has 5 nitrogen and oxygen atoms in total. The third-order valence-corrected chi connectivity index (χ3v) is 6.24. The minimum Gasteiger partial charge on any atom is -0.347 e. The number of benzene rings is 1.